The minimum atomic E-state index is -0.327. The fraction of sp³-hybridized carbons (Fsp3) is 0.312. The number of halogens is 2. The summed E-state index contributed by atoms with van der Waals surface area (Å²) in [5.74, 6) is -0.324. The third-order valence-electron chi connectivity index (χ3n) is 3.10. The van der Waals surface area contributed by atoms with E-state index in [2.05, 4.69) is 15.6 Å². The molecule has 9 heteroatoms. The van der Waals surface area contributed by atoms with E-state index in [1.807, 2.05) is 13.8 Å². The summed E-state index contributed by atoms with van der Waals surface area (Å²) in [6, 6.07) is 6.84. The number of anilines is 1. The first-order chi connectivity index (χ1) is 11.0. The molecule has 0 radical (unpaired) electrons. The number of nitrogens with one attached hydrogen (secondary N) is 2. The van der Waals surface area contributed by atoms with Gasteiger partial charge >= 0.3 is 0 Å². The van der Waals surface area contributed by atoms with Gasteiger partial charge < -0.3 is 16.4 Å². The predicted octanol–water partition coefficient (Wildman–Crippen LogP) is 3.05. The highest BCUT2D eigenvalue weighted by molar-refractivity contribution is 7.09. The van der Waals surface area contributed by atoms with Crippen LogP contribution < -0.4 is 16.4 Å². The number of amides is 2. The summed E-state index contributed by atoms with van der Waals surface area (Å²) in [5, 5.41) is 8.07. The summed E-state index contributed by atoms with van der Waals surface area (Å²) in [6.07, 6.45) is 0. The molecule has 2 aromatic rings. The first kappa shape index (κ1) is 23.3. The second kappa shape index (κ2) is 11.0. The van der Waals surface area contributed by atoms with E-state index in [0.717, 1.165) is 5.01 Å². The minimum absolute atomic E-state index is 0. The SMILES string of the molecule is CC(C)c1nc(C(=O)Nc2ccccc2C(=O)NCCN)cs1.Cl.Cl. The Hall–Kier alpha value is -1.67. The monoisotopic (exact) mass is 404 g/mol. The molecule has 0 spiro atoms. The van der Waals surface area contributed by atoms with Crippen molar-refractivity contribution in [1.29, 1.82) is 0 Å². The fourth-order valence-electron chi connectivity index (χ4n) is 1.91. The molecule has 2 amide bonds. The second-order valence-electron chi connectivity index (χ2n) is 5.27. The highest BCUT2D eigenvalue weighted by atomic mass is 35.5. The molecule has 0 atom stereocenters. The first-order valence-corrected chi connectivity index (χ1v) is 8.25. The van der Waals surface area contributed by atoms with Gasteiger partial charge in [-0.25, -0.2) is 4.98 Å². The third-order valence-corrected chi connectivity index (χ3v) is 4.24. The van der Waals surface area contributed by atoms with Crippen molar-refractivity contribution < 1.29 is 9.59 Å². The molecule has 0 aliphatic carbocycles. The maximum Gasteiger partial charge on any atom is 0.275 e. The molecule has 2 rings (SSSR count). The average molecular weight is 405 g/mol. The van der Waals surface area contributed by atoms with E-state index in [1.54, 1.807) is 29.6 Å². The van der Waals surface area contributed by atoms with Crippen molar-refractivity contribution in [1.82, 2.24) is 10.3 Å². The van der Waals surface area contributed by atoms with Crippen molar-refractivity contribution in [3.63, 3.8) is 0 Å². The first-order valence-electron chi connectivity index (χ1n) is 7.37. The van der Waals surface area contributed by atoms with Gasteiger partial charge in [-0.3, -0.25) is 9.59 Å². The molecule has 1 heterocycles. The van der Waals surface area contributed by atoms with Gasteiger partial charge in [-0.1, -0.05) is 26.0 Å². The van der Waals surface area contributed by atoms with Gasteiger partial charge in [-0.05, 0) is 12.1 Å². The highest BCUT2D eigenvalue weighted by Gasteiger charge is 2.16. The lowest BCUT2D eigenvalue weighted by Crippen LogP contribution is -2.30. The van der Waals surface area contributed by atoms with E-state index >= 15 is 0 Å². The quantitative estimate of drug-likeness (QED) is 0.688. The van der Waals surface area contributed by atoms with E-state index in [-0.39, 0.29) is 42.5 Å². The molecule has 0 saturated carbocycles. The number of benzene rings is 1. The molecule has 0 saturated heterocycles. The number of para-hydroxylation sites is 1. The van der Waals surface area contributed by atoms with Crippen LogP contribution in [0.1, 0.15) is 45.6 Å². The molecule has 25 heavy (non-hydrogen) atoms. The number of hydrogen-bond donors (Lipinski definition) is 3. The zero-order chi connectivity index (χ0) is 16.8. The van der Waals surface area contributed by atoms with E-state index in [0.29, 0.717) is 30.0 Å². The summed E-state index contributed by atoms with van der Waals surface area (Å²) in [6.45, 7) is 4.79. The van der Waals surface area contributed by atoms with Crippen LogP contribution in [0.15, 0.2) is 29.6 Å². The summed E-state index contributed by atoms with van der Waals surface area (Å²) in [4.78, 5) is 28.7. The molecule has 0 aliphatic heterocycles. The largest absolute Gasteiger partial charge is 0.351 e. The van der Waals surface area contributed by atoms with Crippen LogP contribution in [0, 0.1) is 0 Å². The number of carbonyl (C=O) groups is 2. The van der Waals surface area contributed by atoms with Gasteiger partial charge in [0, 0.05) is 24.4 Å². The molecule has 6 nitrogen and oxygen atoms in total. The molecular weight excluding hydrogens is 383 g/mol. The molecule has 138 valence electrons. The van der Waals surface area contributed by atoms with Crippen molar-refractivity contribution in [2.45, 2.75) is 19.8 Å². The normalized spacial score (nSPS) is 9.76. The van der Waals surface area contributed by atoms with Crippen molar-refractivity contribution in [3.8, 4) is 0 Å². The standard InChI is InChI=1S/C16H20N4O2S.2ClH/c1-10(2)16-20-13(9-23-16)15(22)19-12-6-4-3-5-11(12)14(21)18-8-7-17;;/h3-6,9-10H,7-8,17H2,1-2H3,(H,18,21)(H,19,22);2*1H. The average Bonchev–Trinajstić information content (AvgIpc) is 3.03. The molecule has 1 aromatic heterocycles. The van der Waals surface area contributed by atoms with E-state index < -0.39 is 0 Å². The molecule has 4 N–H and O–H groups in total. The summed E-state index contributed by atoms with van der Waals surface area (Å²) >= 11 is 1.45. The van der Waals surface area contributed by atoms with Crippen molar-refractivity contribution in [2.24, 2.45) is 5.73 Å². The van der Waals surface area contributed by atoms with Gasteiger partial charge in [-0.2, -0.15) is 0 Å². The van der Waals surface area contributed by atoms with Gasteiger partial charge in [0.1, 0.15) is 5.69 Å². The zero-order valence-corrected chi connectivity index (χ0v) is 16.4. The van der Waals surface area contributed by atoms with Gasteiger partial charge in [0.05, 0.1) is 16.3 Å². The summed E-state index contributed by atoms with van der Waals surface area (Å²) in [5.41, 5.74) is 6.59. The number of carbonyl (C=O) groups excluding carboxylic acids is 2. The van der Waals surface area contributed by atoms with E-state index in [4.69, 9.17) is 5.73 Å². The van der Waals surface area contributed by atoms with Crippen LogP contribution in [0.4, 0.5) is 5.69 Å². The zero-order valence-electron chi connectivity index (χ0n) is 13.9. The maximum atomic E-state index is 12.3. The second-order valence-corrected chi connectivity index (χ2v) is 6.16. The lowest BCUT2D eigenvalue weighted by Gasteiger charge is -2.10. The third kappa shape index (κ3) is 6.28. The van der Waals surface area contributed by atoms with Crippen LogP contribution >= 0.6 is 36.2 Å². The van der Waals surface area contributed by atoms with Crippen LogP contribution in [-0.4, -0.2) is 29.9 Å². The Morgan fingerprint density at radius 3 is 2.48 bits per heavy atom. The number of thiazole rings is 1. The fourth-order valence-corrected chi connectivity index (χ4v) is 2.73. The Morgan fingerprint density at radius 2 is 1.88 bits per heavy atom. The smallest absolute Gasteiger partial charge is 0.275 e. The molecule has 0 fully saturated rings. The number of rotatable bonds is 6. The van der Waals surface area contributed by atoms with Crippen LogP contribution in [-0.2, 0) is 0 Å². The Morgan fingerprint density at radius 1 is 1.20 bits per heavy atom. The van der Waals surface area contributed by atoms with Gasteiger partial charge in [0.25, 0.3) is 11.8 Å². The highest BCUT2D eigenvalue weighted by Crippen LogP contribution is 2.21. The number of nitrogens with two attached hydrogens (primary N) is 1. The van der Waals surface area contributed by atoms with Crippen LogP contribution in [0.25, 0.3) is 0 Å². The van der Waals surface area contributed by atoms with Crippen molar-refractivity contribution in [3.05, 3.63) is 45.9 Å². The Kier molecular flexibility index (Phi) is 10.3. The molecular formula is C16H22Cl2N4O2S. The maximum absolute atomic E-state index is 12.3. The Bertz CT molecular complexity index is 707. The van der Waals surface area contributed by atoms with Crippen molar-refractivity contribution in [2.75, 3.05) is 18.4 Å². The van der Waals surface area contributed by atoms with Crippen LogP contribution in [0.5, 0.6) is 0 Å². The van der Waals surface area contributed by atoms with Crippen molar-refractivity contribution >= 4 is 53.7 Å². The lowest BCUT2D eigenvalue weighted by atomic mass is 10.1. The Labute approximate surface area is 163 Å². The Balaban J connectivity index is 0.00000288. The summed E-state index contributed by atoms with van der Waals surface area (Å²) < 4.78 is 0. The van der Waals surface area contributed by atoms with Gasteiger partial charge in [0.15, 0.2) is 0 Å². The number of hydrogen-bond acceptors (Lipinski definition) is 5. The van der Waals surface area contributed by atoms with Crippen LogP contribution in [0.2, 0.25) is 0 Å². The molecule has 0 unspecified atom stereocenters. The molecule has 1 aromatic carbocycles. The number of aromatic nitrogens is 1. The van der Waals surface area contributed by atoms with Crippen LogP contribution in [0.3, 0.4) is 0 Å². The lowest BCUT2D eigenvalue weighted by molar-refractivity contribution is 0.0955. The predicted molar refractivity (Wildman–Crippen MR) is 106 cm³/mol. The minimum Gasteiger partial charge on any atom is -0.351 e. The molecule has 0 bridgehead atoms. The van der Waals surface area contributed by atoms with Gasteiger partial charge in [-0.15, -0.1) is 36.2 Å². The van der Waals surface area contributed by atoms with E-state index in [9.17, 15) is 9.59 Å². The van der Waals surface area contributed by atoms with E-state index in [1.165, 1.54) is 11.3 Å². The number of nitrogens with zero attached hydrogens (tertiary/aromatic N) is 1. The van der Waals surface area contributed by atoms with Gasteiger partial charge in [0.2, 0.25) is 0 Å². The molecule has 0 aliphatic rings. The summed E-state index contributed by atoms with van der Waals surface area (Å²) in [7, 11) is 0. The topological polar surface area (TPSA) is 97.1 Å².